The van der Waals surface area contributed by atoms with Crippen molar-refractivity contribution in [2.24, 2.45) is 0 Å². The summed E-state index contributed by atoms with van der Waals surface area (Å²) < 4.78 is 0. The van der Waals surface area contributed by atoms with Crippen LogP contribution in [0.5, 0.6) is 0 Å². The van der Waals surface area contributed by atoms with Gasteiger partial charge in [-0.05, 0) is 32.2 Å². The molecular formula is C16H32N2O. The van der Waals surface area contributed by atoms with Crippen molar-refractivity contribution in [2.45, 2.75) is 78.3 Å². The van der Waals surface area contributed by atoms with E-state index in [4.69, 9.17) is 0 Å². The van der Waals surface area contributed by atoms with E-state index in [-0.39, 0.29) is 0 Å². The van der Waals surface area contributed by atoms with Crippen molar-refractivity contribution in [3.05, 3.63) is 0 Å². The van der Waals surface area contributed by atoms with Crippen molar-refractivity contribution in [3.8, 4) is 0 Å². The van der Waals surface area contributed by atoms with Gasteiger partial charge >= 0.3 is 0 Å². The van der Waals surface area contributed by atoms with Crippen molar-refractivity contribution in [3.63, 3.8) is 0 Å². The van der Waals surface area contributed by atoms with E-state index in [0.717, 1.165) is 32.4 Å². The predicted molar refractivity (Wildman–Crippen MR) is 81.3 cm³/mol. The van der Waals surface area contributed by atoms with Crippen LogP contribution in [0.1, 0.15) is 66.2 Å². The van der Waals surface area contributed by atoms with Crippen LogP contribution < -0.4 is 0 Å². The van der Waals surface area contributed by atoms with Gasteiger partial charge < -0.3 is 4.90 Å². The first-order valence-electron chi connectivity index (χ1n) is 8.29. The Morgan fingerprint density at radius 2 is 1.63 bits per heavy atom. The van der Waals surface area contributed by atoms with Crippen LogP contribution >= 0.6 is 0 Å². The second kappa shape index (κ2) is 8.57. The maximum absolute atomic E-state index is 12.0. The molecule has 0 aromatic rings. The van der Waals surface area contributed by atoms with Gasteiger partial charge in [0, 0.05) is 31.6 Å². The van der Waals surface area contributed by atoms with Crippen molar-refractivity contribution in [1.82, 2.24) is 9.80 Å². The summed E-state index contributed by atoms with van der Waals surface area (Å²) in [5.74, 6) is 0.389. The second-order valence-corrected chi connectivity index (χ2v) is 5.53. The number of nitrogens with zero attached hydrogens (tertiary/aromatic N) is 2. The average Bonchev–Trinajstić information content (AvgIpc) is 2.68. The summed E-state index contributed by atoms with van der Waals surface area (Å²) >= 11 is 0. The second-order valence-electron chi connectivity index (χ2n) is 5.53. The molecule has 0 aromatic carbocycles. The maximum Gasteiger partial charge on any atom is 0.222 e. The lowest BCUT2D eigenvalue weighted by atomic mass is 10.1. The molecule has 2 atom stereocenters. The van der Waals surface area contributed by atoms with E-state index in [9.17, 15) is 4.79 Å². The van der Waals surface area contributed by atoms with Crippen LogP contribution in [0, 0.1) is 0 Å². The Hall–Kier alpha value is -0.570. The minimum absolute atomic E-state index is 0.389. The van der Waals surface area contributed by atoms with Gasteiger partial charge in [0.05, 0.1) is 0 Å². The van der Waals surface area contributed by atoms with Crippen molar-refractivity contribution in [1.29, 1.82) is 0 Å². The lowest BCUT2D eigenvalue weighted by Crippen LogP contribution is -2.55. The van der Waals surface area contributed by atoms with Crippen LogP contribution in [-0.2, 0) is 4.79 Å². The molecule has 2 aliphatic heterocycles. The molecule has 112 valence electrons. The molecule has 19 heavy (non-hydrogen) atoms. The monoisotopic (exact) mass is 268 g/mol. The molecule has 0 N–H and O–H groups in total. The molecule has 2 heterocycles. The van der Waals surface area contributed by atoms with E-state index in [2.05, 4.69) is 23.6 Å². The van der Waals surface area contributed by atoms with Crippen LogP contribution in [0.2, 0.25) is 0 Å². The van der Waals surface area contributed by atoms with Gasteiger partial charge in [-0.2, -0.15) is 0 Å². The van der Waals surface area contributed by atoms with Gasteiger partial charge in [0.1, 0.15) is 0 Å². The Bertz CT molecular complexity index is 253. The average molecular weight is 268 g/mol. The highest BCUT2D eigenvalue weighted by atomic mass is 16.2. The summed E-state index contributed by atoms with van der Waals surface area (Å²) in [5, 5.41) is 0. The maximum atomic E-state index is 12.0. The number of hydrogen-bond donors (Lipinski definition) is 0. The number of amides is 1. The highest BCUT2D eigenvalue weighted by Gasteiger charge is 2.40. The zero-order valence-corrected chi connectivity index (χ0v) is 13.3. The Kier molecular flexibility index (Phi) is 7.44. The molecule has 0 radical (unpaired) electrons. The van der Waals surface area contributed by atoms with Gasteiger partial charge in [0.2, 0.25) is 5.91 Å². The van der Waals surface area contributed by atoms with Gasteiger partial charge in [-0.1, -0.05) is 34.1 Å². The minimum atomic E-state index is 0.389. The number of likely N-dealkylation sites (tertiary alicyclic amines) is 1. The first-order valence-corrected chi connectivity index (χ1v) is 8.29. The standard InChI is InChI=1S/C14H26N2O.C2H6/c1-3-5-6-14(17)15-10-12-7-8-13(11-15)16(12)9-4-2;1-2/h12-13H,3-11H2,1-2H3;1-2H3/t12-,13+;. The highest BCUT2D eigenvalue weighted by molar-refractivity contribution is 5.76. The van der Waals surface area contributed by atoms with Crippen LogP contribution in [0.3, 0.4) is 0 Å². The van der Waals surface area contributed by atoms with Crippen molar-refractivity contribution in [2.75, 3.05) is 19.6 Å². The Morgan fingerprint density at radius 3 is 2.11 bits per heavy atom. The summed E-state index contributed by atoms with van der Waals surface area (Å²) in [6, 6.07) is 1.30. The molecule has 0 aromatic heterocycles. The van der Waals surface area contributed by atoms with Crippen LogP contribution in [-0.4, -0.2) is 47.4 Å². The number of carbonyl (C=O) groups excluding carboxylic acids is 1. The number of rotatable bonds is 5. The molecule has 0 unspecified atom stereocenters. The van der Waals surface area contributed by atoms with Gasteiger partial charge in [0.15, 0.2) is 0 Å². The quantitative estimate of drug-likeness (QED) is 0.764. The minimum Gasteiger partial charge on any atom is -0.340 e. The van der Waals surface area contributed by atoms with Gasteiger partial charge in [-0.15, -0.1) is 0 Å². The zero-order chi connectivity index (χ0) is 14.3. The van der Waals surface area contributed by atoms with Crippen molar-refractivity contribution >= 4 is 5.91 Å². The summed E-state index contributed by atoms with van der Waals surface area (Å²) in [6.07, 6.45) is 6.74. The fourth-order valence-corrected chi connectivity index (χ4v) is 3.30. The van der Waals surface area contributed by atoms with E-state index in [1.807, 2.05) is 13.8 Å². The molecule has 3 heteroatoms. The lowest BCUT2D eigenvalue weighted by molar-refractivity contribution is -0.134. The normalized spacial score (nSPS) is 26.0. The molecule has 0 aliphatic carbocycles. The van der Waals surface area contributed by atoms with E-state index in [1.165, 1.54) is 25.8 Å². The summed E-state index contributed by atoms with van der Waals surface area (Å²) in [5.41, 5.74) is 0. The highest BCUT2D eigenvalue weighted by Crippen LogP contribution is 2.30. The Labute approximate surface area is 119 Å². The third kappa shape index (κ3) is 4.20. The topological polar surface area (TPSA) is 23.6 Å². The number of hydrogen-bond acceptors (Lipinski definition) is 2. The molecule has 2 fully saturated rings. The van der Waals surface area contributed by atoms with E-state index in [0.29, 0.717) is 18.0 Å². The number of piperazine rings is 1. The molecule has 2 aliphatic rings. The van der Waals surface area contributed by atoms with E-state index < -0.39 is 0 Å². The molecule has 1 amide bonds. The van der Waals surface area contributed by atoms with Gasteiger partial charge in [0.25, 0.3) is 0 Å². The molecule has 0 spiro atoms. The van der Waals surface area contributed by atoms with Crippen molar-refractivity contribution < 1.29 is 4.79 Å². The fourth-order valence-electron chi connectivity index (χ4n) is 3.30. The third-order valence-electron chi connectivity index (χ3n) is 4.21. The Balaban J connectivity index is 0.000000861. The summed E-state index contributed by atoms with van der Waals surface area (Å²) in [4.78, 5) is 16.8. The first kappa shape index (κ1) is 16.5. The fraction of sp³-hybridized carbons (Fsp3) is 0.938. The molecule has 2 bridgehead atoms. The SMILES string of the molecule is CC.CCCCC(=O)N1C[C@H]2CC[C@@H](C1)N2CCC. The molecule has 2 rings (SSSR count). The zero-order valence-electron chi connectivity index (χ0n) is 13.3. The molecular weight excluding hydrogens is 236 g/mol. The van der Waals surface area contributed by atoms with E-state index >= 15 is 0 Å². The third-order valence-corrected chi connectivity index (χ3v) is 4.21. The van der Waals surface area contributed by atoms with Crippen LogP contribution in [0.25, 0.3) is 0 Å². The number of unbranched alkanes of at least 4 members (excludes halogenated alkanes) is 1. The largest absolute Gasteiger partial charge is 0.340 e. The van der Waals surface area contributed by atoms with E-state index in [1.54, 1.807) is 0 Å². The van der Waals surface area contributed by atoms with Gasteiger partial charge in [-0.3, -0.25) is 9.69 Å². The first-order chi connectivity index (χ1) is 9.26. The van der Waals surface area contributed by atoms with Crippen LogP contribution in [0.15, 0.2) is 0 Å². The lowest BCUT2D eigenvalue weighted by Gasteiger charge is -2.41. The number of fused-ring (bicyclic) bond motifs is 2. The molecule has 0 saturated carbocycles. The van der Waals surface area contributed by atoms with Gasteiger partial charge in [-0.25, -0.2) is 0 Å². The summed E-state index contributed by atoms with van der Waals surface area (Å²) in [6.45, 7) is 11.6. The predicted octanol–water partition coefficient (Wildman–Crippen LogP) is 3.29. The van der Waals surface area contributed by atoms with Crippen LogP contribution in [0.4, 0.5) is 0 Å². The molecule has 2 saturated heterocycles. The number of carbonyl (C=O) groups is 1. The summed E-state index contributed by atoms with van der Waals surface area (Å²) in [7, 11) is 0. The smallest absolute Gasteiger partial charge is 0.222 e. The Morgan fingerprint density at radius 1 is 1.05 bits per heavy atom. The molecule has 3 nitrogen and oxygen atoms in total.